The van der Waals surface area contributed by atoms with E-state index in [1.165, 1.54) is 17.7 Å². The van der Waals surface area contributed by atoms with Crippen molar-refractivity contribution in [3.63, 3.8) is 0 Å². The van der Waals surface area contributed by atoms with Crippen molar-refractivity contribution in [2.75, 3.05) is 32.1 Å². The zero-order valence-corrected chi connectivity index (χ0v) is 13.0. The molecule has 0 spiro atoms. The normalized spacial score (nSPS) is 13.0. The first kappa shape index (κ1) is 15.8. The highest BCUT2D eigenvalue weighted by atomic mass is 35.5. The highest BCUT2D eigenvalue weighted by Crippen LogP contribution is 2.24. The molecule has 0 aliphatic rings. The monoisotopic (exact) mass is 286 g/mol. The molecule has 0 radical (unpaired) electrons. The molecule has 1 rings (SSSR count). The van der Waals surface area contributed by atoms with Crippen LogP contribution >= 0.6 is 23.4 Å². The Hall–Kier alpha value is -0.220. The second-order valence-electron chi connectivity index (χ2n) is 4.59. The average Bonchev–Trinajstić information content (AvgIpc) is 2.35. The third-order valence-electron chi connectivity index (χ3n) is 3.20. The standard InChI is InChI=1S/C14H23ClN2S/c1-11-5-6-12(9-13(11)15)14(10-16)17(2)7-4-8-18-3/h5-6,9,14H,4,7-8,10,16H2,1-3H3. The summed E-state index contributed by atoms with van der Waals surface area (Å²) in [5, 5.41) is 0.823. The third-order valence-corrected chi connectivity index (χ3v) is 4.30. The van der Waals surface area contributed by atoms with Gasteiger partial charge in [0.2, 0.25) is 0 Å². The molecule has 102 valence electrons. The average molecular weight is 287 g/mol. The lowest BCUT2D eigenvalue weighted by Gasteiger charge is -2.27. The van der Waals surface area contributed by atoms with Crippen LogP contribution in [0.15, 0.2) is 18.2 Å². The van der Waals surface area contributed by atoms with Crippen molar-refractivity contribution in [1.29, 1.82) is 0 Å². The molecule has 0 saturated heterocycles. The van der Waals surface area contributed by atoms with Gasteiger partial charge in [-0.05, 0) is 56.1 Å². The van der Waals surface area contributed by atoms with Gasteiger partial charge in [-0.3, -0.25) is 4.90 Å². The second-order valence-corrected chi connectivity index (χ2v) is 5.98. The summed E-state index contributed by atoms with van der Waals surface area (Å²) in [6.45, 7) is 3.70. The Bertz CT molecular complexity index is 371. The van der Waals surface area contributed by atoms with E-state index in [2.05, 4.69) is 30.3 Å². The quantitative estimate of drug-likeness (QED) is 0.780. The number of benzene rings is 1. The maximum atomic E-state index is 6.18. The number of hydrogen-bond acceptors (Lipinski definition) is 3. The Labute approximate surface area is 120 Å². The Balaban J connectivity index is 2.72. The predicted octanol–water partition coefficient (Wildman–Crippen LogP) is 3.33. The zero-order chi connectivity index (χ0) is 13.5. The molecule has 1 atom stereocenters. The molecule has 0 aromatic heterocycles. The predicted molar refractivity (Wildman–Crippen MR) is 83.6 cm³/mol. The lowest BCUT2D eigenvalue weighted by Crippen LogP contribution is -2.31. The first-order valence-corrected chi connectivity index (χ1v) is 8.02. The minimum absolute atomic E-state index is 0.255. The molecule has 2 N–H and O–H groups in total. The molecule has 1 aromatic carbocycles. The van der Waals surface area contributed by atoms with E-state index in [4.69, 9.17) is 17.3 Å². The summed E-state index contributed by atoms with van der Waals surface area (Å²) < 4.78 is 0. The molecule has 0 heterocycles. The van der Waals surface area contributed by atoms with Gasteiger partial charge in [0, 0.05) is 17.6 Å². The SMILES string of the molecule is CSCCCN(C)C(CN)c1ccc(C)c(Cl)c1. The van der Waals surface area contributed by atoms with E-state index in [9.17, 15) is 0 Å². The molecule has 18 heavy (non-hydrogen) atoms. The summed E-state index contributed by atoms with van der Waals surface area (Å²) in [5.74, 6) is 1.19. The molecular formula is C14H23ClN2S. The van der Waals surface area contributed by atoms with E-state index in [1.807, 2.05) is 24.8 Å². The first-order valence-electron chi connectivity index (χ1n) is 6.25. The smallest absolute Gasteiger partial charge is 0.0467 e. The lowest BCUT2D eigenvalue weighted by atomic mass is 10.0. The number of nitrogens with zero attached hydrogens (tertiary/aromatic N) is 1. The Morgan fingerprint density at radius 3 is 2.72 bits per heavy atom. The van der Waals surface area contributed by atoms with Crippen LogP contribution in [-0.4, -0.2) is 37.0 Å². The van der Waals surface area contributed by atoms with Gasteiger partial charge in [0.25, 0.3) is 0 Å². The molecule has 2 nitrogen and oxygen atoms in total. The molecular weight excluding hydrogens is 264 g/mol. The number of aryl methyl sites for hydroxylation is 1. The Morgan fingerprint density at radius 2 is 2.17 bits per heavy atom. The molecule has 4 heteroatoms. The lowest BCUT2D eigenvalue weighted by molar-refractivity contribution is 0.251. The van der Waals surface area contributed by atoms with E-state index < -0.39 is 0 Å². The van der Waals surface area contributed by atoms with E-state index in [1.54, 1.807) is 0 Å². The van der Waals surface area contributed by atoms with Crippen molar-refractivity contribution in [3.05, 3.63) is 34.3 Å². The van der Waals surface area contributed by atoms with Crippen LogP contribution in [-0.2, 0) is 0 Å². The second kappa shape index (κ2) is 8.05. The van der Waals surface area contributed by atoms with Gasteiger partial charge in [0.15, 0.2) is 0 Å². The number of nitrogens with two attached hydrogens (primary N) is 1. The van der Waals surface area contributed by atoms with Crippen LogP contribution in [0, 0.1) is 6.92 Å². The van der Waals surface area contributed by atoms with Crippen molar-refractivity contribution < 1.29 is 0 Å². The van der Waals surface area contributed by atoms with E-state index in [0.717, 1.165) is 17.1 Å². The van der Waals surface area contributed by atoms with E-state index >= 15 is 0 Å². The fraction of sp³-hybridized carbons (Fsp3) is 0.571. The molecule has 0 aliphatic carbocycles. The van der Waals surface area contributed by atoms with Gasteiger partial charge < -0.3 is 5.73 Å². The highest BCUT2D eigenvalue weighted by Gasteiger charge is 2.15. The molecule has 1 unspecified atom stereocenters. The van der Waals surface area contributed by atoms with Crippen molar-refractivity contribution in [3.8, 4) is 0 Å². The fourth-order valence-corrected chi connectivity index (χ4v) is 2.61. The van der Waals surface area contributed by atoms with E-state index in [0.29, 0.717) is 6.54 Å². The number of rotatable bonds is 7. The van der Waals surface area contributed by atoms with Crippen LogP contribution in [0.1, 0.15) is 23.6 Å². The molecule has 0 amide bonds. The molecule has 0 bridgehead atoms. The molecule has 0 fully saturated rings. The minimum Gasteiger partial charge on any atom is -0.329 e. The van der Waals surface area contributed by atoms with Gasteiger partial charge in [-0.25, -0.2) is 0 Å². The van der Waals surface area contributed by atoms with Crippen molar-refractivity contribution >= 4 is 23.4 Å². The summed E-state index contributed by atoms with van der Waals surface area (Å²) in [6, 6.07) is 6.49. The summed E-state index contributed by atoms with van der Waals surface area (Å²) >= 11 is 8.07. The number of halogens is 1. The number of likely N-dealkylation sites (N-methyl/N-ethyl adjacent to an activating group) is 1. The minimum atomic E-state index is 0.255. The van der Waals surface area contributed by atoms with Crippen LogP contribution in [0.5, 0.6) is 0 Å². The summed E-state index contributed by atoms with van der Waals surface area (Å²) in [4.78, 5) is 2.32. The first-order chi connectivity index (χ1) is 8.60. The Kier molecular flexibility index (Phi) is 7.08. The fourth-order valence-electron chi connectivity index (χ4n) is 2.00. The number of thioether (sulfide) groups is 1. The summed E-state index contributed by atoms with van der Waals surface area (Å²) in [6.07, 6.45) is 3.33. The van der Waals surface area contributed by atoms with Gasteiger partial charge in [-0.1, -0.05) is 23.7 Å². The molecule has 1 aromatic rings. The van der Waals surface area contributed by atoms with Gasteiger partial charge in [-0.2, -0.15) is 11.8 Å². The van der Waals surface area contributed by atoms with Gasteiger partial charge in [-0.15, -0.1) is 0 Å². The van der Waals surface area contributed by atoms with Gasteiger partial charge in [0.1, 0.15) is 0 Å². The van der Waals surface area contributed by atoms with Crippen LogP contribution in [0.25, 0.3) is 0 Å². The van der Waals surface area contributed by atoms with Crippen LogP contribution in [0.3, 0.4) is 0 Å². The van der Waals surface area contributed by atoms with Gasteiger partial charge >= 0.3 is 0 Å². The highest BCUT2D eigenvalue weighted by molar-refractivity contribution is 7.98. The molecule has 0 aliphatic heterocycles. The van der Waals surface area contributed by atoms with Crippen molar-refractivity contribution in [1.82, 2.24) is 4.90 Å². The largest absolute Gasteiger partial charge is 0.329 e. The van der Waals surface area contributed by atoms with Crippen LogP contribution in [0.4, 0.5) is 0 Å². The summed E-state index contributed by atoms with van der Waals surface area (Å²) in [7, 11) is 2.13. The maximum Gasteiger partial charge on any atom is 0.0467 e. The summed E-state index contributed by atoms with van der Waals surface area (Å²) in [5.41, 5.74) is 8.23. The Morgan fingerprint density at radius 1 is 1.44 bits per heavy atom. The van der Waals surface area contributed by atoms with Gasteiger partial charge in [0.05, 0.1) is 0 Å². The van der Waals surface area contributed by atoms with Crippen LogP contribution in [0.2, 0.25) is 5.02 Å². The maximum absolute atomic E-state index is 6.18. The van der Waals surface area contributed by atoms with Crippen molar-refractivity contribution in [2.24, 2.45) is 5.73 Å². The van der Waals surface area contributed by atoms with Crippen molar-refractivity contribution in [2.45, 2.75) is 19.4 Å². The molecule has 0 saturated carbocycles. The topological polar surface area (TPSA) is 29.3 Å². The van der Waals surface area contributed by atoms with Crippen LogP contribution < -0.4 is 5.73 Å². The third kappa shape index (κ3) is 4.47. The number of hydrogen-bond donors (Lipinski definition) is 1. The zero-order valence-electron chi connectivity index (χ0n) is 11.4. The van der Waals surface area contributed by atoms with E-state index in [-0.39, 0.29) is 6.04 Å².